The first kappa shape index (κ1) is 22.7. The molecule has 0 spiro atoms. The number of carbonyl (C=O) groups excluding carboxylic acids is 1. The van der Waals surface area contributed by atoms with Crippen molar-refractivity contribution in [2.24, 2.45) is 10.9 Å². The van der Waals surface area contributed by atoms with E-state index < -0.39 is 0 Å². The molecule has 0 saturated heterocycles. The van der Waals surface area contributed by atoms with Gasteiger partial charge in [-0.15, -0.1) is 24.0 Å². The predicted octanol–water partition coefficient (Wildman–Crippen LogP) is 2.42. The maximum absolute atomic E-state index is 12.5. The van der Waals surface area contributed by atoms with E-state index in [-0.39, 0.29) is 36.4 Å². The van der Waals surface area contributed by atoms with E-state index in [0.717, 1.165) is 31.7 Å². The number of aliphatic imine (C=N–C) groups is 1. The van der Waals surface area contributed by atoms with E-state index in [2.05, 4.69) is 35.5 Å². The van der Waals surface area contributed by atoms with Crippen molar-refractivity contribution in [2.45, 2.75) is 26.7 Å². The molecule has 0 fully saturated rings. The zero-order valence-corrected chi connectivity index (χ0v) is 18.3. The van der Waals surface area contributed by atoms with Gasteiger partial charge in [-0.1, -0.05) is 32.0 Å². The van der Waals surface area contributed by atoms with Gasteiger partial charge in [0.25, 0.3) is 0 Å². The number of guanidine groups is 1. The monoisotopic (exact) mass is 474 g/mol. The van der Waals surface area contributed by atoms with Gasteiger partial charge in [0.05, 0.1) is 13.2 Å². The minimum atomic E-state index is 0. The topological polar surface area (TPSA) is 66.0 Å². The summed E-state index contributed by atoms with van der Waals surface area (Å²) in [6, 6.07) is 8.06. The fraction of sp³-hybridized carbons (Fsp3) is 0.579. The summed E-state index contributed by atoms with van der Waals surface area (Å²) < 4.78 is 5.56. The number of nitrogens with one attached hydrogen (secondary N) is 2. The maximum Gasteiger partial charge on any atom is 0.246 e. The zero-order chi connectivity index (χ0) is 18.1. The lowest BCUT2D eigenvalue weighted by Gasteiger charge is -2.18. The SMILES string of the molecule is CN=C(NCCOCCC(C)C)NCC(=O)N1CCc2ccccc21.I. The number of ether oxygens (including phenoxy) is 1. The fourth-order valence-electron chi connectivity index (χ4n) is 2.74. The minimum Gasteiger partial charge on any atom is -0.380 e. The molecule has 1 amide bonds. The van der Waals surface area contributed by atoms with Crippen LogP contribution in [0.4, 0.5) is 5.69 Å². The lowest BCUT2D eigenvalue weighted by molar-refractivity contribution is -0.117. The number of hydrogen-bond acceptors (Lipinski definition) is 3. The highest BCUT2D eigenvalue weighted by Gasteiger charge is 2.23. The Morgan fingerprint density at radius 3 is 2.77 bits per heavy atom. The van der Waals surface area contributed by atoms with E-state index >= 15 is 0 Å². The normalized spacial score (nSPS) is 13.4. The molecule has 2 N–H and O–H groups in total. The average Bonchev–Trinajstić information content (AvgIpc) is 3.04. The van der Waals surface area contributed by atoms with Crippen LogP contribution in [0.5, 0.6) is 0 Å². The Bertz CT molecular complexity index is 593. The molecule has 0 bridgehead atoms. The molecule has 1 aliphatic heterocycles. The Morgan fingerprint density at radius 2 is 2.04 bits per heavy atom. The van der Waals surface area contributed by atoms with Crippen LogP contribution in [0.15, 0.2) is 29.3 Å². The third kappa shape index (κ3) is 7.11. The molecule has 1 aliphatic rings. The third-order valence-corrected chi connectivity index (χ3v) is 4.20. The first-order valence-electron chi connectivity index (χ1n) is 9.02. The molecular formula is C19H31IN4O2. The highest BCUT2D eigenvalue weighted by molar-refractivity contribution is 14.0. The van der Waals surface area contributed by atoms with Gasteiger partial charge in [-0.05, 0) is 30.4 Å². The summed E-state index contributed by atoms with van der Waals surface area (Å²) in [4.78, 5) is 18.4. The van der Waals surface area contributed by atoms with Gasteiger partial charge >= 0.3 is 0 Å². The molecule has 2 rings (SSSR count). The summed E-state index contributed by atoms with van der Waals surface area (Å²) in [5.41, 5.74) is 2.26. The number of nitrogens with zero attached hydrogens (tertiary/aromatic N) is 2. The summed E-state index contributed by atoms with van der Waals surface area (Å²) in [6.07, 6.45) is 1.99. The van der Waals surface area contributed by atoms with Gasteiger partial charge in [-0.25, -0.2) is 0 Å². The standard InChI is InChI=1S/C19H30N4O2.HI/c1-15(2)9-12-25-13-10-21-19(20-3)22-14-18(24)23-11-8-16-6-4-5-7-17(16)23;/h4-7,15H,8-14H2,1-3H3,(H2,20,21,22);1H. The Hall–Kier alpha value is -1.35. The lowest BCUT2D eigenvalue weighted by atomic mass is 10.1. The van der Waals surface area contributed by atoms with Crippen LogP contribution in [0.3, 0.4) is 0 Å². The number of anilines is 1. The van der Waals surface area contributed by atoms with Crippen LogP contribution in [0.1, 0.15) is 25.8 Å². The van der Waals surface area contributed by atoms with Crippen molar-refractivity contribution in [2.75, 3.05) is 44.8 Å². The van der Waals surface area contributed by atoms with E-state index in [1.54, 1.807) is 7.05 Å². The van der Waals surface area contributed by atoms with Crippen molar-refractivity contribution in [3.05, 3.63) is 29.8 Å². The Balaban J connectivity index is 0.00000338. The van der Waals surface area contributed by atoms with Crippen molar-refractivity contribution in [1.29, 1.82) is 0 Å². The van der Waals surface area contributed by atoms with Crippen LogP contribution >= 0.6 is 24.0 Å². The second-order valence-electron chi connectivity index (χ2n) is 6.57. The van der Waals surface area contributed by atoms with E-state index in [1.165, 1.54) is 5.56 Å². The number of carbonyl (C=O) groups is 1. The molecule has 26 heavy (non-hydrogen) atoms. The second-order valence-corrected chi connectivity index (χ2v) is 6.57. The van der Waals surface area contributed by atoms with Crippen LogP contribution < -0.4 is 15.5 Å². The van der Waals surface area contributed by atoms with Gasteiger partial charge in [0.2, 0.25) is 5.91 Å². The highest BCUT2D eigenvalue weighted by Crippen LogP contribution is 2.27. The average molecular weight is 474 g/mol. The number of benzene rings is 1. The summed E-state index contributed by atoms with van der Waals surface area (Å²) >= 11 is 0. The lowest BCUT2D eigenvalue weighted by Crippen LogP contribution is -2.45. The van der Waals surface area contributed by atoms with Gasteiger partial charge in [0.15, 0.2) is 5.96 Å². The third-order valence-electron chi connectivity index (χ3n) is 4.20. The number of rotatable bonds is 8. The Labute approximate surface area is 173 Å². The molecule has 146 valence electrons. The van der Waals surface area contributed by atoms with Gasteiger partial charge in [-0.3, -0.25) is 9.79 Å². The summed E-state index contributed by atoms with van der Waals surface area (Å²) in [6.45, 7) is 7.40. The highest BCUT2D eigenvalue weighted by atomic mass is 127. The van der Waals surface area contributed by atoms with Crippen molar-refractivity contribution in [1.82, 2.24) is 10.6 Å². The molecular weight excluding hydrogens is 443 g/mol. The first-order chi connectivity index (χ1) is 12.1. The Morgan fingerprint density at radius 1 is 1.27 bits per heavy atom. The minimum absolute atomic E-state index is 0. The summed E-state index contributed by atoms with van der Waals surface area (Å²) in [5.74, 6) is 1.33. The van der Waals surface area contributed by atoms with Crippen LogP contribution in [0, 0.1) is 5.92 Å². The molecule has 7 heteroatoms. The van der Waals surface area contributed by atoms with Crippen LogP contribution in [-0.2, 0) is 16.0 Å². The molecule has 1 aromatic carbocycles. The predicted molar refractivity (Wildman–Crippen MR) is 118 cm³/mol. The van der Waals surface area contributed by atoms with Crippen molar-refractivity contribution in [3.8, 4) is 0 Å². The van der Waals surface area contributed by atoms with E-state index in [0.29, 0.717) is 25.0 Å². The quantitative estimate of drug-likeness (QED) is 0.263. The number of fused-ring (bicyclic) bond motifs is 1. The van der Waals surface area contributed by atoms with Gasteiger partial charge < -0.3 is 20.3 Å². The molecule has 1 aromatic rings. The molecule has 0 aromatic heterocycles. The van der Waals surface area contributed by atoms with Crippen LogP contribution in [0.25, 0.3) is 0 Å². The van der Waals surface area contributed by atoms with Gasteiger partial charge in [0, 0.05) is 32.4 Å². The number of hydrogen-bond donors (Lipinski definition) is 2. The first-order valence-corrected chi connectivity index (χ1v) is 9.02. The number of para-hydroxylation sites is 1. The number of amides is 1. The van der Waals surface area contributed by atoms with E-state index in [9.17, 15) is 4.79 Å². The van der Waals surface area contributed by atoms with Crippen molar-refractivity contribution >= 4 is 41.5 Å². The molecule has 0 atom stereocenters. The van der Waals surface area contributed by atoms with E-state index in [1.807, 2.05) is 23.1 Å². The Kier molecular flexibility index (Phi) is 10.6. The zero-order valence-electron chi connectivity index (χ0n) is 16.0. The van der Waals surface area contributed by atoms with Gasteiger partial charge in [-0.2, -0.15) is 0 Å². The second kappa shape index (κ2) is 12.1. The van der Waals surface area contributed by atoms with E-state index in [4.69, 9.17) is 4.74 Å². The maximum atomic E-state index is 12.5. The summed E-state index contributed by atoms with van der Waals surface area (Å²) in [7, 11) is 1.70. The molecule has 0 saturated carbocycles. The molecule has 0 unspecified atom stereocenters. The smallest absolute Gasteiger partial charge is 0.246 e. The number of halogens is 1. The molecule has 0 aliphatic carbocycles. The fourth-order valence-corrected chi connectivity index (χ4v) is 2.74. The van der Waals surface area contributed by atoms with Crippen molar-refractivity contribution < 1.29 is 9.53 Å². The molecule has 1 heterocycles. The summed E-state index contributed by atoms with van der Waals surface area (Å²) in [5, 5.41) is 6.24. The molecule has 0 radical (unpaired) electrons. The largest absolute Gasteiger partial charge is 0.380 e. The molecule has 6 nitrogen and oxygen atoms in total. The van der Waals surface area contributed by atoms with Crippen LogP contribution in [-0.4, -0.2) is 51.8 Å². The van der Waals surface area contributed by atoms with Gasteiger partial charge in [0.1, 0.15) is 0 Å². The van der Waals surface area contributed by atoms with Crippen molar-refractivity contribution in [3.63, 3.8) is 0 Å². The van der Waals surface area contributed by atoms with Crippen LogP contribution in [0.2, 0.25) is 0 Å².